The van der Waals surface area contributed by atoms with Crippen LogP contribution in [0.5, 0.6) is 0 Å². The van der Waals surface area contributed by atoms with Crippen molar-refractivity contribution in [3.8, 4) is 0 Å². The molecule has 2 fully saturated rings. The zero-order valence-electron chi connectivity index (χ0n) is 16.1. The smallest absolute Gasteiger partial charge is 0.255 e. The van der Waals surface area contributed by atoms with E-state index in [4.69, 9.17) is 9.47 Å². The summed E-state index contributed by atoms with van der Waals surface area (Å²) in [6.07, 6.45) is 1.39. The molecule has 3 aliphatic rings. The van der Waals surface area contributed by atoms with Gasteiger partial charge in [-0.1, -0.05) is 0 Å². The maximum absolute atomic E-state index is 12.8. The second kappa shape index (κ2) is 7.52. The molecule has 2 atom stereocenters. The molecule has 3 amide bonds. The van der Waals surface area contributed by atoms with E-state index in [0.29, 0.717) is 24.4 Å². The third kappa shape index (κ3) is 3.27. The second-order valence-electron chi connectivity index (χ2n) is 7.58. The highest BCUT2D eigenvalue weighted by Crippen LogP contribution is 2.33. The number of hydrogen-bond acceptors (Lipinski definition) is 6. The van der Waals surface area contributed by atoms with Gasteiger partial charge in [-0.25, -0.2) is 0 Å². The molecule has 0 saturated carbocycles. The van der Waals surface area contributed by atoms with Crippen molar-refractivity contribution in [2.75, 3.05) is 32.2 Å². The number of piperidine rings is 1. The van der Waals surface area contributed by atoms with Gasteiger partial charge in [0, 0.05) is 57.4 Å². The average Bonchev–Trinajstić information content (AvgIpc) is 3.28. The minimum Gasteiger partial charge on any atom is -0.371 e. The van der Waals surface area contributed by atoms with E-state index in [1.807, 2.05) is 18.2 Å². The average molecular weight is 387 g/mol. The Bertz CT molecular complexity index is 807. The number of nitrogens with one attached hydrogen (secondary N) is 1. The predicted octanol–water partition coefficient (Wildman–Crippen LogP) is 0.893. The van der Waals surface area contributed by atoms with Crippen LogP contribution in [-0.2, 0) is 25.6 Å². The Kier molecular flexibility index (Phi) is 5.07. The Morgan fingerprint density at radius 1 is 1.14 bits per heavy atom. The molecule has 150 valence electrons. The van der Waals surface area contributed by atoms with Crippen LogP contribution in [0, 0.1) is 5.92 Å². The standard InChI is InChI=1S/C20H25N3O5/c1-27-20(28-2)12-7-8-22(10-12)14-3-4-15-13(9-14)11-23(19(15)26)16-5-6-17(24)21-18(16)25/h3-4,9,12,16,20H,5-8,10-11H2,1-2H3,(H,21,24,25). The Morgan fingerprint density at radius 3 is 2.64 bits per heavy atom. The van der Waals surface area contributed by atoms with Crippen molar-refractivity contribution in [2.24, 2.45) is 5.92 Å². The van der Waals surface area contributed by atoms with Crippen LogP contribution in [0.25, 0.3) is 0 Å². The summed E-state index contributed by atoms with van der Waals surface area (Å²) in [7, 11) is 3.31. The Labute approximate surface area is 163 Å². The maximum Gasteiger partial charge on any atom is 0.255 e. The molecule has 8 nitrogen and oxygen atoms in total. The molecule has 1 N–H and O–H groups in total. The molecule has 8 heteroatoms. The monoisotopic (exact) mass is 387 g/mol. The third-order valence-corrected chi connectivity index (χ3v) is 5.95. The van der Waals surface area contributed by atoms with Crippen LogP contribution in [0.2, 0.25) is 0 Å². The van der Waals surface area contributed by atoms with Gasteiger partial charge in [0.05, 0.1) is 0 Å². The molecule has 1 aromatic carbocycles. The number of imide groups is 1. The lowest BCUT2D eigenvalue weighted by Gasteiger charge is -2.29. The van der Waals surface area contributed by atoms with Crippen LogP contribution in [0.1, 0.15) is 35.2 Å². The summed E-state index contributed by atoms with van der Waals surface area (Å²) >= 11 is 0. The van der Waals surface area contributed by atoms with Crippen LogP contribution in [0.15, 0.2) is 18.2 Å². The van der Waals surface area contributed by atoms with Crippen molar-refractivity contribution in [1.82, 2.24) is 10.2 Å². The Balaban J connectivity index is 1.49. The third-order valence-electron chi connectivity index (χ3n) is 5.95. The molecule has 0 bridgehead atoms. The van der Waals surface area contributed by atoms with E-state index in [1.165, 1.54) is 0 Å². The number of anilines is 1. The zero-order valence-corrected chi connectivity index (χ0v) is 16.1. The molecule has 0 aliphatic carbocycles. The van der Waals surface area contributed by atoms with E-state index in [0.717, 1.165) is 30.8 Å². The molecule has 3 aliphatic heterocycles. The number of fused-ring (bicyclic) bond motifs is 1. The predicted molar refractivity (Wildman–Crippen MR) is 101 cm³/mol. The lowest BCUT2D eigenvalue weighted by molar-refractivity contribution is -0.136. The van der Waals surface area contributed by atoms with Gasteiger partial charge >= 0.3 is 0 Å². The first-order chi connectivity index (χ1) is 13.5. The highest BCUT2D eigenvalue weighted by Gasteiger charge is 2.39. The molecule has 28 heavy (non-hydrogen) atoms. The summed E-state index contributed by atoms with van der Waals surface area (Å²) in [5, 5.41) is 2.33. The van der Waals surface area contributed by atoms with E-state index in [1.54, 1.807) is 19.1 Å². The molecule has 4 rings (SSSR count). The molecular formula is C20H25N3O5. The van der Waals surface area contributed by atoms with E-state index >= 15 is 0 Å². The molecule has 0 spiro atoms. The molecule has 1 aromatic rings. The number of carbonyl (C=O) groups excluding carboxylic acids is 3. The number of nitrogens with zero attached hydrogens (tertiary/aromatic N) is 2. The zero-order chi connectivity index (χ0) is 19.8. The number of benzene rings is 1. The van der Waals surface area contributed by atoms with Gasteiger partial charge in [-0.15, -0.1) is 0 Å². The summed E-state index contributed by atoms with van der Waals surface area (Å²) in [6, 6.07) is 5.26. The number of methoxy groups -OCH3 is 2. The fraction of sp³-hybridized carbons (Fsp3) is 0.550. The summed E-state index contributed by atoms with van der Waals surface area (Å²) < 4.78 is 10.8. The van der Waals surface area contributed by atoms with Crippen LogP contribution >= 0.6 is 0 Å². The highest BCUT2D eigenvalue weighted by atomic mass is 16.7. The van der Waals surface area contributed by atoms with E-state index in [-0.39, 0.29) is 30.4 Å². The largest absolute Gasteiger partial charge is 0.371 e. The minimum atomic E-state index is -0.582. The minimum absolute atomic E-state index is 0.144. The molecule has 0 radical (unpaired) electrons. The van der Waals surface area contributed by atoms with E-state index in [2.05, 4.69) is 10.2 Å². The van der Waals surface area contributed by atoms with Gasteiger partial charge in [-0.3, -0.25) is 19.7 Å². The summed E-state index contributed by atoms with van der Waals surface area (Å²) in [6.45, 7) is 2.12. The number of amides is 3. The molecule has 3 heterocycles. The Morgan fingerprint density at radius 2 is 1.93 bits per heavy atom. The lowest BCUT2D eigenvalue weighted by atomic mass is 10.0. The van der Waals surface area contributed by atoms with Crippen LogP contribution in [0.4, 0.5) is 5.69 Å². The van der Waals surface area contributed by atoms with Crippen molar-refractivity contribution in [3.63, 3.8) is 0 Å². The lowest BCUT2D eigenvalue weighted by Crippen LogP contribution is -2.52. The normalized spacial score (nSPS) is 24.9. The van der Waals surface area contributed by atoms with Gasteiger partial charge < -0.3 is 19.3 Å². The van der Waals surface area contributed by atoms with Gasteiger partial charge in [-0.2, -0.15) is 0 Å². The van der Waals surface area contributed by atoms with Crippen molar-refractivity contribution < 1.29 is 23.9 Å². The summed E-state index contributed by atoms with van der Waals surface area (Å²) in [5.41, 5.74) is 2.62. The first-order valence-corrected chi connectivity index (χ1v) is 9.60. The first kappa shape index (κ1) is 18.9. The van der Waals surface area contributed by atoms with E-state index in [9.17, 15) is 14.4 Å². The molecule has 2 saturated heterocycles. The van der Waals surface area contributed by atoms with Crippen molar-refractivity contribution in [2.45, 2.75) is 38.1 Å². The van der Waals surface area contributed by atoms with Gasteiger partial charge in [-0.05, 0) is 36.6 Å². The quantitative estimate of drug-likeness (QED) is 0.596. The topological polar surface area (TPSA) is 88.2 Å². The number of rotatable bonds is 5. The number of carbonyl (C=O) groups is 3. The summed E-state index contributed by atoms with van der Waals surface area (Å²) in [5.74, 6) is -0.508. The number of ether oxygens (including phenoxy) is 2. The van der Waals surface area contributed by atoms with Gasteiger partial charge in [0.15, 0.2) is 6.29 Å². The first-order valence-electron chi connectivity index (χ1n) is 9.60. The van der Waals surface area contributed by atoms with Gasteiger partial charge in [0.1, 0.15) is 6.04 Å². The van der Waals surface area contributed by atoms with Crippen LogP contribution < -0.4 is 10.2 Å². The van der Waals surface area contributed by atoms with Crippen molar-refractivity contribution in [3.05, 3.63) is 29.3 Å². The van der Waals surface area contributed by atoms with Crippen molar-refractivity contribution in [1.29, 1.82) is 0 Å². The van der Waals surface area contributed by atoms with Crippen LogP contribution in [-0.4, -0.2) is 62.3 Å². The van der Waals surface area contributed by atoms with Gasteiger partial charge in [0.25, 0.3) is 5.91 Å². The number of hydrogen-bond donors (Lipinski definition) is 1. The second-order valence-corrected chi connectivity index (χ2v) is 7.58. The SMILES string of the molecule is COC(OC)C1CCN(c2ccc3c(c2)CN(C2CCC(=O)NC2=O)C3=O)C1. The Hall–Kier alpha value is -2.45. The highest BCUT2D eigenvalue weighted by molar-refractivity contribution is 6.05. The fourth-order valence-electron chi connectivity index (χ4n) is 4.48. The molecule has 0 aromatic heterocycles. The van der Waals surface area contributed by atoms with Crippen molar-refractivity contribution >= 4 is 23.4 Å². The van der Waals surface area contributed by atoms with Crippen LogP contribution in [0.3, 0.4) is 0 Å². The molecular weight excluding hydrogens is 362 g/mol. The van der Waals surface area contributed by atoms with E-state index < -0.39 is 6.04 Å². The molecule has 2 unspecified atom stereocenters. The maximum atomic E-state index is 12.8. The summed E-state index contributed by atoms with van der Waals surface area (Å²) in [4.78, 5) is 40.2. The fourth-order valence-corrected chi connectivity index (χ4v) is 4.48. The van der Waals surface area contributed by atoms with Gasteiger partial charge in [0.2, 0.25) is 11.8 Å².